The van der Waals surface area contributed by atoms with E-state index in [1.807, 2.05) is 0 Å². The molecule has 36 heavy (non-hydrogen) atoms. The molecule has 1 aliphatic heterocycles. The highest BCUT2D eigenvalue weighted by Crippen LogP contribution is 2.46. The van der Waals surface area contributed by atoms with Crippen LogP contribution in [0.5, 0.6) is 5.75 Å². The number of aliphatic hydroxyl groups is 4. The van der Waals surface area contributed by atoms with Crippen molar-refractivity contribution in [3.63, 3.8) is 0 Å². The third-order valence-electron chi connectivity index (χ3n) is 6.00. The van der Waals surface area contributed by atoms with Crippen molar-refractivity contribution in [3.8, 4) is 5.75 Å². The highest BCUT2D eigenvalue weighted by molar-refractivity contribution is 6.30. The van der Waals surface area contributed by atoms with E-state index < -0.39 is 42.8 Å². The number of amides is 2. The van der Waals surface area contributed by atoms with Gasteiger partial charge in [0.15, 0.2) is 0 Å². The molecular formula is C25H27ClN2O8. The van der Waals surface area contributed by atoms with Gasteiger partial charge in [-0.05, 0) is 48.0 Å². The van der Waals surface area contributed by atoms with Crippen LogP contribution >= 0.6 is 11.6 Å². The van der Waals surface area contributed by atoms with Gasteiger partial charge < -0.3 is 35.3 Å². The van der Waals surface area contributed by atoms with Gasteiger partial charge >= 0.3 is 0 Å². The maximum Gasteiger partial charge on any atom is 0.262 e. The summed E-state index contributed by atoms with van der Waals surface area (Å²) < 4.78 is 5.29. The Morgan fingerprint density at radius 2 is 1.83 bits per heavy atom. The molecule has 2 aromatic rings. The summed E-state index contributed by atoms with van der Waals surface area (Å²) >= 11 is 5.93. The molecule has 3 rings (SSSR count). The minimum Gasteiger partial charge on any atom is -0.497 e. The van der Waals surface area contributed by atoms with E-state index in [4.69, 9.17) is 21.4 Å². The summed E-state index contributed by atoms with van der Waals surface area (Å²) in [5, 5.41) is 41.3. The first-order valence-corrected chi connectivity index (χ1v) is 11.4. The van der Waals surface area contributed by atoms with Gasteiger partial charge in [-0.3, -0.25) is 14.5 Å². The van der Waals surface area contributed by atoms with Gasteiger partial charge in [0.1, 0.15) is 36.4 Å². The van der Waals surface area contributed by atoms with Gasteiger partial charge in [-0.1, -0.05) is 18.2 Å². The number of fused-ring (bicyclic) bond motifs is 1. The molecule has 1 unspecified atom stereocenters. The minimum absolute atomic E-state index is 0.215. The van der Waals surface area contributed by atoms with E-state index in [1.165, 1.54) is 12.0 Å². The number of nitrogens with one attached hydrogen (secondary N) is 1. The van der Waals surface area contributed by atoms with Crippen molar-refractivity contribution in [2.75, 3.05) is 18.6 Å². The van der Waals surface area contributed by atoms with Gasteiger partial charge in [-0.15, -0.1) is 0 Å². The van der Waals surface area contributed by atoms with Crippen molar-refractivity contribution in [3.05, 3.63) is 70.9 Å². The summed E-state index contributed by atoms with van der Waals surface area (Å²) in [6.45, 7) is 3.19. The molecule has 0 fully saturated rings. The fourth-order valence-electron chi connectivity index (χ4n) is 4.00. The second-order valence-electron chi connectivity index (χ2n) is 8.28. The summed E-state index contributed by atoms with van der Waals surface area (Å²) in [6.07, 6.45) is -5.48. The van der Waals surface area contributed by atoms with Gasteiger partial charge in [0.05, 0.1) is 19.4 Å². The molecule has 2 amide bonds. The number of methoxy groups -OCH3 is 1. The second-order valence-corrected chi connectivity index (χ2v) is 8.72. The smallest absolute Gasteiger partial charge is 0.262 e. The third-order valence-corrected chi connectivity index (χ3v) is 6.25. The average molecular weight is 519 g/mol. The van der Waals surface area contributed by atoms with Crippen molar-refractivity contribution in [2.45, 2.75) is 36.7 Å². The van der Waals surface area contributed by atoms with E-state index in [-0.39, 0.29) is 18.6 Å². The lowest BCUT2D eigenvalue weighted by Crippen LogP contribution is -2.53. The highest BCUT2D eigenvalue weighted by Gasteiger charge is 2.39. The Labute approximate surface area is 212 Å². The Morgan fingerprint density at radius 3 is 2.42 bits per heavy atom. The number of rotatable bonds is 10. The van der Waals surface area contributed by atoms with Crippen molar-refractivity contribution in [1.82, 2.24) is 5.32 Å². The zero-order valence-corrected chi connectivity index (χ0v) is 20.1. The Morgan fingerprint density at radius 1 is 1.17 bits per heavy atom. The SMILES string of the molecule is C=C1C(CC(=O)N[C@@H](C=O)[C@@H](O)[C@H](O)[C@H](O)CO)c2cc(OC)ccc2N1C(=O)c1ccc(Cl)cc1. The number of carbonyl (C=O) groups is 3. The summed E-state index contributed by atoms with van der Waals surface area (Å²) in [4.78, 5) is 39.1. The molecule has 5 atom stereocenters. The van der Waals surface area contributed by atoms with E-state index in [9.17, 15) is 29.7 Å². The van der Waals surface area contributed by atoms with Gasteiger partial charge in [0, 0.05) is 28.6 Å². The van der Waals surface area contributed by atoms with E-state index >= 15 is 0 Å². The van der Waals surface area contributed by atoms with Crippen LogP contribution in [0.2, 0.25) is 5.02 Å². The number of hydrogen-bond donors (Lipinski definition) is 5. The van der Waals surface area contributed by atoms with E-state index in [0.29, 0.717) is 33.3 Å². The summed E-state index contributed by atoms with van der Waals surface area (Å²) in [7, 11) is 1.48. The van der Waals surface area contributed by atoms with E-state index in [0.717, 1.165) is 0 Å². The van der Waals surface area contributed by atoms with Crippen LogP contribution in [-0.4, -0.2) is 76.6 Å². The number of allylic oxidation sites excluding steroid dienone is 1. The number of nitrogens with zero attached hydrogens (tertiary/aromatic N) is 1. The molecule has 0 radical (unpaired) electrons. The van der Waals surface area contributed by atoms with Crippen molar-refractivity contribution in [2.24, 2.45) is 0 Å². The molecule has 10 nitrogen and oxygen atoms in total. The Hall–Kier alpha value is -3.28. The minimum atomic E-state index is -1.87. The fraction of sp³-hybridized carbons (Fsp3) is 0.320. The monoisotopic (exact) mass is 518 g/mol. The number of carbonyl (C=O) groups excluding carboxylic acids is 3. The van der Waals surface area contributed by atoms with Crippen LogP contribution < -0.4 is 15.0 Å². The van der Waals surface area contributed by atoms with Gasteiger partial charge in [-0.2, -0.15) is 0 Å². The van der Waals surface area contributed by atoms with Crippen LogP contribution in [0.4, 0.5) is 5.69 Å². The molecule has 2 aromatic carbocycles. The molecule has 0 aliphatic carbocycles. The summed E-state index contributed by atoms with van der Waals surface area (Å²) in [5.74, 6) is -1.25. The summed E-state index contributed by atoms with van der Waals surface area (Å²) in [5.41, 5.74) is 1.77. The standard InChI is InChI=1S/C25H27ClN2O8/c1-13-17(10-22(32)27-19(11-29)23(33)24(34)21(31)12-30)18-9-16(36-2)7-8-20(18)28(13)25(35)14-3-5-15(26)6-4-14/h3-9,11,17,19,21,23-24,30-31,33-34H,1,10,12H2,2H3,(H,27,32)/t17?,19-,21+,23+,24+/m0/s1. The third kappa shape index (κ3) is 5.58. The topological polar surface area (TPSA) is 157 Å². The quantitative estimate of drug-likeness (QED) is 0.288. The number of aliphatic hydroxyl groups excluding tert-OH is 4. The molecule has 11 heteroatoms. The molecule has 0 spiro atoms. The number of benzene rings is 2. The van der Waals surface area contributed by atoms with Crippen LogP contribution in [-0.2, 0) is 9.59 Å². The molecule has 0 saturated heterocycles. The lowest BCUT2D eigenvalue weighted by Gasteiger charge is -2.26. The predicted octanol–water partition coefficient (Wildman–Crippen LogP) is 0.755. The number of halogens is 1. The largest absolute Gasteiger partial charge is 0.497 e. The first-order chi connectivity index (χ1) is 17.1. The van der Waals surface area contributed by atoms with E-state index in [1.54, 1.807) is 42.5 Å². The zero-order chi connectivity index (χ0) is 26.6. The predicted molar refractivity (Wildman–Crippen MR) is 131 cm³/mol. The normalized spacial score (nSPS) is 18.1. The molecule has 192 valence electrons. The Kier molecular flexibility index (Phi) is 8.83. The van der Waals surface area contributed by atoms with Gasteiger partial charge in [0.2, 0.25) is 5.91 Å². The summed E-state index contributed by atoms with van der Waals surface area (Å²) in [6, 6.07) is 9.79. The molecule has 5 N–H and O–H groups in total. The highest BCUT2D eigenvalue weighted by atomic mass is 35.5. The van der Waals surface area contributed by atoms with Gasteiger partial charge in [-0.25, -0.2) is 0 Å². The molecule has 0 bridgehead atoms. The van der Waals surface area contributed by atoms with Crippen LogP contribution in [0.1, 0.15) is 28.3 Å². The molecular weight excluding hydrogens is 492 g/mol. The number of hydrogen-bond acceptors (Lipinski definition) is 8. The number of anilines is 1. The fourth-order valence-corrected chi connectivity index (χ4v) is 4.13. The van der Waals surface area contributed by atoms with Gasteiger partial charge in [0.25, 0.3) is 5.91 Å². The molecule has 0 aromatic heterocycles. The maximum atomic E-state index is 13.3. The van der Waals surface area contributed by atoms with E-state index in [2.05, 4.69) is 11.9 Å². The Bertz CT molecular complexity index is 1140. The number of aldehydes is 1. The first kappa shape index (κ1) is 27.3. The molecule has 1 aliphatic rings. The van der Waals surface area contributed by atoms with Crippen LogP contribution in [0.3, 0.4) is 0 Å². The van der Waals surface area contributed by atoms with Crippen molar-refractivity contribution >= 4 is 35.4 Å². The zero-order valence-electron chi connectivity index (χ0n) is 19.4. The van der Waals surface area contributed by atoms with Crippen molar-refractivity contribution < 1.29 is 39.5 Å². The molecule has 0 saturated carbocycles. The Balaban J connectivity index is 1.86. The average Bonchev–Trinajstić information content (AvgIpc) is 3.15. The van der Waals surface area contributed by atoms with Crippen LogP contribution in [0, 0.1) is 0 Å². The van der Waals surface area contributed by atoms with Crippen LogP contribution in [0.15, 0.2) is 54.7 Å². The second kappa shape index (κ2) is 11.6. The van der Waals surface area contributed by atoms with Crippen LogP contribution in [0.25, 0.3) is 0 Å². The first-order valence-electron chi connectivity index (χ1n) is 11.0. The number of ether oxygens (including phenoxy) is 1. The maximum absolute atomic E-state index is 13.3. The lowest BCUT2D eigenvalue weighted by atomic mass is 9.94. The molecule has 1 heterocycles. The van der Waals surface area contributed by atoms with Crippen molar-refractivity contribution in [1.29, 1.82) is 0 Å². The lowest BCUT2D eigenvalue weighted by molar-refractivity contribution is -0.131.